The molecule has 146 valence electrons. The molecule has 0 spiro atoms. The normalized spacial score (nSPS) is 16.9. The molecule has 0 amide bonds. The van der Waals surface area contributed by atoms with Gasteiger partial charge in [0, 0.05) is 39.8 Å². The first-order valence-electron chi connectivity index (χ1n) is 9.48. The molecule has 6 nitrogen and oxygen atoms in total. The van der Waals surface area contributed by atoms with Gasteiger partial charge in [-0.2, -0.15) is 0 Å². The van der Waals surface area contributed by atoms with Crippen LogP contribution in [0.2, 0.25) is 0 Å². The lowest BCUT2D eigenvalue weighted by Gasteiger charge is -2.30. The molecule has 1 heterocycles. The Bertz CT molecular complexity index is 589. The zero-order valence-electron chi connectivity index (χ0n) is 16.6. The van der Waals surface area contributed by atoms with Gasteiger partial charge in [0.2, 0.25) is 0 Å². The van der Waals surface area contributed by atoms with Gasteiger partial charge >= 0.3 is 0 Å². The van der Waals surface area contributed by atoms with E-state index in [0.717, 1.165) is 26.1 Å². The third kappa shape index (κ3) is 6.59. The van der Waals surface area contributed by atoms with Gasteiger partial charge in [-0.05, 0) is 38.3 Å². The fraction of sp³-hybridized carbons (Fsp3) is 0.650. The fourth-order valence-electron chi connectivity index (χ4n) is 2.96. The minimum atomic E-state index is -0.445. The second-order valence-corrected chi connectivity index (χ2v) is 7.45. The molecule has 26 heavy (non-hydrogen) atoms. The van der Waals surface area contributed by atoms with Crippen molar-refractivity contribution in [3.8, 4) is 0 Å². The number of ether oxygens (including phenoxy) is 1. The van der Waals surface area contributed by atoms with Gasteiger partial charge in [0.1, 0.15) is 0 Å². The minimum Gasteiger partial charge on any atom is -0.390 e. The summed E-state index contributed by atoms with van der Waals surface area (Å²) in [7, 11) is 1.69. The van der Waals surface area contributed by atoms with Crippen molar-refractivity contribution in [2.75, 3.05) is 39.8 Å². The molecule has 0 bridgehead atoms. The first kappa shape index (κ1) is 20.7. The van der Waals surface area contributed by atoms with E-state index in [-0.39, 0.29) is 5.60 Å². The Labute approximate surface area is 157 Å². The predicted molar refractivity (Wildman–Crippen MR) is 106 cm³/mol. The van der Waals surface area contributed by atoms with E-state index >= 15 is 0 Å². The molecule has 1 atom stereocenters. The number of rotatable bonds is 8. The van der Waals surface area contributed by atoms with Crippen LogP contribution in [0, 0.1) is 0 Å². The van der Waals surface area contributed by atoms with E-state index in [9.17, 15) is 5.11 Å². The quantitative estimate of drug-likeness (QED) is 0.482. The fourth-order valence-corrected chi connectivity index (χ4v) is 2.96. The average Bonchev–Trinajstić information content (AvgIpc) is 2.64. The Morgan fingerprint density at radius 1 is 1.31 bits per heavy atom. The van der Waals surface area contributed by atoms with Crippen LogP contribution >= 0.6 is 0 Å². The van der Waals surface area contributed by atoms with Gasteiger partial charge in [-0.25, -0.2) is 0 Å². The van der Waals surface area contributed by atoms with Gasteiger partial charge in [0.05, 0.1) is 18.2 Å². The number of fused-ring (bicyclic) bond motifs is 1. The molecule has 1 aliphatic heterocycles. The maximum absolute atomic E-state index is 10.4. The van der Waals surface area contributed by atoms with Crippen LogP contribution in [0.1, 0.15) is 31.9 Å². The minimum absolute atomic E-state index is 0.303. The summed E-state index contributed by atoms with van der Waals surface area (Å²) in [6, 6.07) is 8.56. The van der Waals surface area contributed by atoms with E-state index in [0.29, 0.717) is 25.6 Å². The smallest absolute Gasteiger partial charge is 0.191 e. The number of β-amino-alcohol motifs (C(OH)–C–C–N with tert-alkyl or cyclic N) is 1. The van der Waals surface area contributed by atoms with Crippen LogP contribution in [0.5, 0.6) is 0 Å². The summed E-state index contributed by atoms with van der Waals surface area (Å²) < 4.78 is 5.40. The number of aliphatic hydroxyl groups is 1. The third-order valence-electron chi connectivity index (χ3n) is 4.70. The maximum Gasteiger partial charge on any atom is 0.191 e. The molecule has 0 saturated heterocycles. The standard InChI is InChI=1S/C20H34N4O2/c1-5-21-19(23-15-20(2,3)26-4)22-12-18(25)14-24-11-10-16-8-6-7-9-17(16)13-24/h6-9,18,25H,5,10-15H2,1-4H3,(H2,21,22,23). The van der Waals surface area contributed by atoms with E-state index in [4.69, 9.17) is 4.74 Å². The molecule has 1 aromatic carbocycles. The van der Waals surface area contributed by atoms with Crippen LogP contribution in [0.15, 0.2) is 29.3 Å². The Hall–Kier alpha value is -1.63. The van der Waals surface area contributed by atoms with Gasteiger partial charge < -0.3 is 20.5 Å². The molecule has 0 fully saturated rings. The summed E-state index contributed by atoms with van der Waals surface area (Å²) in [5.41, 5.74) is 2.50. The zero-order chi connectivity index (χ0) is 19.0. The van der Waals surface area contributed by atoms with E-state index in [2.05, 4.69) is 44.8 Å². The lowest BCUT2D eigenvalue weighted by atomic mass is 10.00. The highest BCUT2D eigenvalue weighted by Gasteiger charge is 2.19. The highest BCUT2D eigenvalue weighted by Crippen LogP contribution is 2.18. The number of aliphatic hydroxyl groups excluding tert-OH is 1. The zero-order valence-corrected chi connectivity index (χ0v) is 16.6. The first-order valence-corrected chi connectivity index (χ1v) is 9.48. The van der Waals surface area contributed by atoms with Crippen molar-refractivity contribution in [1.29, 1.82) is 0 Å². The summed E-state index contributed by atoms with van der Waals surface area (Å²) in [5, 5.41) is 16.9. The molecular weight excluding hydrogens is 328 g/mol. The second kappa shape index (κ2) is 9.90. The average molecular weight is 363 g/mol. The Balaban J connectivity index is 1.81. The number of aliphatic imine (C=N–C) groups is 1. The SMILES string of the molecule is CCNC(=NCC(C)(C)OC)NCC(O)CN1CCc2ccccc2C1. The number of nitrogens with one attached hydrogen (secondary N) is 2. The molecule has 0 aromatic heterocycles. The summed E-state index contributed by atoms with van der Waals surface area (Å²) >= 11 is 0. The maximum atomic E-state index is 10.4. The van der Waals surface area contributed by atoms with Crippen LogP contribution in [0.4, 0.5) is 0 Å². The number of benzene rings is 1. The summed E-state index contributed by atoms with van der Waals surface area (Å²) in [4.78, 5) is 6.86. The summed E-state index contributed by atoms with van der Waals surface area (Å²) in [5.74, 6) is 0.709. The van der Waals surface area contributed by atoms with Crippen LogP contribution in [0.25, 0.3) is 0 Å². The number of hydrogen-bond acceptors (Lipinski definition) is 4. The highest BCUT2D eigenvalue weighted by molar-refractivity contribution is 5.79. The first-order chi connectivity index (χ1) is 12.4. The molecule has 3 N–H and O–H groups in total. The van der Waals surface area contributed by atoms with Crippen molar-refractivity contribution in [2.45, 2.75) is 45.4 Å². The molecule has 1 aliphatic rings. The van der Waals surface area contributed by atoms with Gasteiger partial charge in [-0.1, -0.05) is 24.3 Å². The van der Waals surface area contributed by atoms with E-state index in [1.54, 1.807) is 7.11 Å². The molecule has 0 radical (unpaired) electrons. The van der Waals surface area contributed by atoms with Crippen molar-refractivity contribution < 1.29 is 9.84 Å². The van der Waals surface area contributed by atoms with Gasteiger partial charge in [0.25, 0.3) is 0 Å². The molecule has 1 unspecified atom stereocenters. The topological polar surface area (TPSA) is 69.1 Å². The highest BCUT2D eigenvalue weighted by atomic mass is 16.5. The van der Waals surface area contributed by atoms with Gasteiger partial charge in [0.15, 0.2) is 5.96 Å². The van der Waals surface area contributed by atoms with Crippen molar-refractivity contribution in [3.05, 3.63) is 35.4 Å². The molecule has 0 saturated carbocycles. The monoisotopic (exact) mass is 362 g/mol. The summed E-state index contributed by atoms with van der Waals surface area (Å²) in [6.45, 7) is 10.4. The van der Waals surface area contributed by atoms with Gasteiger partial charge in [-0.3, -0.25) is 9.89 Å². The molecule has 2 rings (SSSR count). The largest absolute Gasteiger partial charge is 0.390 e. The Kier molecular flexibility index (Phi) is 7.87. The molecule has 0 aliphatic carbocycles. The predicted octanol–water partition coefficient (Wildman–Crippen LogP) is 1.39. The van der Waals surface area contributed by atoms with E-state index in [1.807, 2.05) is 20.8 Å². The lowest BCUT2D eigenvalue weighted by Crippen LogP contribution is -2.45. The molecule has 1 aromatic rings. The molecular formula is C20H34N4O2. The van der Waals surface area contributed by atoms with Crippen LogP contribution in [0.3, 0.4) is 0 Å². The number of methoxy groups -OCH3 is 1. The Morgan fingerprint density at radius 3 is 2.73 bits per heavy atom. The van der Waals surface area contributed by atoms with Crippen molar-refractivity contribution in [3.63, 3.8) is 0 Å². The van der Waals surface area contributed by atoms with Crippen LogP contribution in [-0.4, -0.2) is 67.5 Å². The number of hydrogen-bond donors (Lipinski definition) is 3. The van der Waals surface area contributed by atoms with Crippen LogP contribution in [-0.2, 0) is 17.7 Å². The van der Waals surface area contributed by atoms with Crippen molar-refractivity contribution in [2.24, 2.45) is 4.99 Å². The number of nitrogens with zero attached hydrogens (tertiary/aromatic N) is 2. The van der Waals surface area contributed by atoms with Crippen LogP contribution < -0.4 is 10.6 Å². The van der Waals surface area contributed by atoms with Crippen molar-refractivity contribution >= 4 is 5.96 Å². The van der Waals surface area contributed by atoms with E-state index < -0.39 is 6.10 Å². The summed E-state index contributed by atoms with van der Waals surface area (Å²) in [6.07, 6.45) is 0.603. The lowest BCUT2D eigenvalue weighted by molar-refractivity contribution is 0.0310. The second-order valence-electron chi connectivity index (χ2n) is 7.45. The van der Waals surface area contributed by atoms with E-state index in [1.165, 1.54) is 11.1 Å². The molecule has 6 heteroatoms. The number of guanidine groups is 1. The van der Waals surface area contributed by atoms with Crippen molar-refractivity contribution in [1.82, 2.24) is 15.5 Å². The third-order valence-corrected chi connectivity index (χ3v) is 4.70. The van der Waals surface area contributed by atoms with Gasteiger partial charge in [-0.15, -0.1) is 0 Å². The Morgan fingerprint density at radius 2 is 2.04 bits per heavy atom.